The van der Waals surface area contributed by atoms with Crippen molar-refractivity contribution in [2.75, 3.05) is 0 Å². The molecule has 98 valence electrons. The van der Waals surface area contributed by atoms with Gasteiger partial charge >= 0.3 is 0 Å². The lowest BCUT2D eigenvalue weighted by molar-refractivity contribution is 0.0840. The Morgan fingerprint density at radius 1 is 1.05 bits per heavy atom. The molecule has 0 aliphatic carbocycles. The molecule has 0 saturated heterocycles. The Balaban J connectivity index is 2.00. The molecule has 6 heteroatoms. The van der Waals surface area contributed by atoms with E-state index in [0.717, 1.165) is 0 Å². The SMILES string of the molecule is Cn1cccc1C(=O)NNC(=O)c1ccccc1F. The summed E-state index contributed by atoms with van der Waals surface area (Å²) in [5.74, 6) is -1.83. The smallest absolute Gasteiger partial charge is 0.286 e. The van der Waals surface area contributed by atoms with Crippen LogP contribution >= 0.6 is 0 Å². The number of rotatable bonds is 2. The number of nitrogens with zero attached hydrogens (tertiary/aromatic N) is 1. The summed E-state index contributed by atoms with van der Waals surface area (Å²) >= 11 is 0. The average Bonchev–Trinajstić information content (AvgIpc) is 2.82. The number of halogens is 1. The average molecular weight is 261 g/mol. The Morgan fingerprint density at radius 2 is 1.74 bits per heavy atom. The Labute approximate surface area is 109 Å². The summed E-state index contributed by atoms with van der Waals surface area (Å²) in [5, 5.41) is 0. The molecule has 5 nitrogen and oxygen atoms in total. The third-order valence-corrected chi connectivity index (χ3v) is 2.58. The van der Waals surface area contributed by atoms with Gasteiger partial charge in [-0.15, -0.1) is 0 Å². The normalized spacial score (nSPS) is 10.0. The minimum Gasteiger partial charge on any atom is -0.347 e. The Bertz CT molecular complexity index is 622. The Kier molecular flexibility index (Phi) is 3.61. The molecule has 1 aromatic carbocycles. The molecule has 0 unspecified atom stereocenters. The molecule has 0 fully saturated rings. The van der Waals surface area contributed by atoms with E-state index >= 15 is 0 Å². The summed E-state index contributed by atoms with van der Waals surface area (Å²) < 4.78 is 14.9. The number of aromatic nitrogens is 1. The van der Waals surface area contributed by atoms with E-state index in [0.29, 0.717) is 5.69 Å². The van der Waals surface area contributed by atoms with Crippen molar-refractivity contribution in [3.8, 4) is 0 Å². The molecule has 0 bridgehead atoms. The molecule has 0 aliphatic rings. The fraction of sp³-hybridized carbons (Fsp3) is 0.0769. The lowest BCUT2D eigenvalue weighted by Gasteiger charge is -2.08. The molecule has 19 heavy (non-hydrogen) atoms. The fourth-order valence-electron chi connectivity index (χ4n) is 1.59. The standard InChI is InChI=1S/C13H12FN3O2/c1-17-8-4-7-11(17)13(19)16-15-12(18)9-5-2-3-6-10(9)14/h2-8H,1H3,(H,15,18)(H,16,19). The van der Waals surface area contributed by atoms with E-state index in [2.05, 4.69) is 10.9 Å². The maximum atomic E-state index is 13.3. The summed E-state index contributed by atoms with van der Waals surface area (Å²) in [7, 11) is 1.70. The number of carbonyl (C=O) groups excluding carboxylic acids is 2. The zero-order valence-electron chi connectivity index (χ0n) is 10.2. The van der Waals surface area contributed by atoms with Crippen LogP contribution in [-0.2, 0) is 7.05 Å². The highest BCUT2D eigenvalue weighted by atomic mass is 19.1. The molecule has 2 amide bonds. The molecule has 2 rings (SSSR count). The minimum atomic E-state index is -0.708. The van der Waals surface area contributed by atoms with Gasteiger partial charge in [-0.05, 0) is 24.3 Å². The molecular formula is C13H12FN3O2. The van der Waals surface area contributed by atoms with Crippen molar-refractivity contribution in [1.82, 2.24) is 15.4 Å². The van der Waals surface area contributed by atoms with Gasteiger partial charge in [0.15, 0.2) is 0 Å². The highest BCUT2D eigenvalue weighted by molar-refractivity contribution is 5.98. The van der Waals surface area contributed by atoms with Crippen LogP contribution in [0.25, 0.3) is 0 Å². The number of hydrazine groups is 1. The molecule has 0 radical (unpaired) electrons. The second-order valence-corrected chi connectivity index (χ2v) is 3.89. The maximum absolute atomic E-state index is 13.3. The van der Waals surface area contributed by atoms with Crippen LogP contribution in [0.2, 0.25) is 0 Å². The van der Waals surface area contributed by atoms with Crippen molar-refractivity contribution < 1.29 is 14.0 Å². The number of carbonyl (C=O) groups is 2. The van der Waals surface area contributed by atoms with Gasteiger partial charge in [0, 0.05) is 13.2 Å². The van der Waals surface area contributed by atoms with Crippen molar-refractivity contribution in [3.05, 3.63) is 59.7 Å². The van der Waals surface area contributed by atoms with Gasteiger partial charge in [-0.1, -0.05) is 12.1 Å². The quantitative estimate of drug-likeness (QED) is 0.799. The molecule has 0 spiro atoms. The molecule has 2 aromatic rings. The second-order valence-electron chi connectivity index (χ2n) is 3.89. The van der Waals surface area contributed by atoms with Crippen molar-refractivity contribution in [3.63, 3.8) is 0 Å². The van der Waals surface area contributed by atoms with Gasteiger partial charge in [0.2, 0.25) is 0 Å². The van der Waals surface area contributed by atoms with E-state index in [-0.39, 0.29) is 5.56 Å². The topological polar surface area (TPSA) is 63.1 Å². The first-order valence-corrected chi connectivity index (χ1v) is 5.56. The largest absolute Gasteiger partial charge is 0.347 e. The number of nitrogens with one attached hydrogen (secondary N) is 2. The predicted octanol–water partition coefficient (Wildman–Crippen LogP) is 1.24. The van der Waals surface area contributed by atoms with E-state index < -0.39 is 17.6 Å². The third-order valence-electron chi connectivity index (χ3n) is 2.58. The first-order valence-electron chi connectivity index (χ1n) is 5.56. The first kappa shape index (κ1) is 12.8. The van der Waals surface area contributed by atoms with Gasteiger partial charge in [-0.2, -0.15) is 0 Å². The van der Waals surface area contributed by atoms with Crippen molar-refractivity contribution in [1.29, 1.82) is 0 Å². The molecule has 0 atom stereocenters. The van der Waals surface area contributed by atoms with Gasteiger partial charge in [0.1, 0.15) is 11.5 Å². The summed E-state index contributed by atoms with van der Waals surface area (Å²) in [6.07, 6.45) is 1.70. The molecule has 0 aliphatic heterocycles. The minimum absolute atomic E-state index is 0.130. The second kappa shape index (κ2) is 5.34. The van der Waals surface area contributed by atoms with Crippen LogP contribution in [0.1, 0.15) is 20.8 Å². The van der Waals surface area contributed by atoms with Crippen molar-refractivity contribution >= 4 is 11.8 Å². The summed E-state index contributed by atoms with van der Waals surface area (Å²) in [6.45, 7) is 0. The monoisotopic (exact) mass is 261 g/mol. The molecular weight excluding hydrogens is 249 g/mol. The van der Waals surface area contributed by atoms with E-state index in [1.165, 1.54) is 24.3 Å². The summed E-state index contributed by atoms with van der Waals surface area (Å²) in [4.78, 5) is 23.4. The van der Waals surface area contributed by atoms with Crippen LogP contribution in [0.15, 0.2) is 42.6 Å². The number of aryl methyl sites for hydroxylation is 1. The highest BCUT2D eigenvalue weighted by Gasteiger charge is 2.13. The van der Waals surface area contributed by atoms with E-state index in [1.807, 2.05) is 0 Å². The molecule has 1 aromatic heterocycles. The summed E-state index contributed by atoms with van der Waals surface area (Å²) in [6, 6.07) is 8.83. The lowest BCUT2D eigenvalue weighted by atomic mass is 10.2. The zero-order chi connectivity index (χ0) is 13.8. The number of amides is 2. The van der Waals surface area contributed by atoms with E-state index in [1.54, 1.807) is 29.9 Å². The maximum Gasteiger partial charge on any atom is 0.286 e. The van der Waals surface area contributed by atoms with Gasteiger partial charge < -0.3 is 4.57 Å². The van der Waals surface area contributed by atoms with Gasteiger partial charge in [0.05, 0.1) is 5.56 Å². The van der Waals surface area contributed by atoms with Crippen LogP contribution in [-0.4, -0.2) is 16.4 Å². The number of hydrogen-bond acceptors (Lipinski definition) is 2. The molecule has 2 N–H and O–H groups in total. The van der Waals surface area contributed by atoms with Gasteiger partial charge in [-0.3, -0.25) is 20.4 Å². The molecule has 1 heterocycles. The van der Waals surface area contributed by atoms with E-state index in [9.17, 15) is 14.0 Å². The van der Waals surface area contributed by atoms with Crippen LogP contribution in [0.5, 0.6) is 0 Å². The Morgan fingerprint density at radius 3 is 2.37 bits per heavy atom. The van der Waals surface area contributed by atoms with E-state index in [4.69, 9.17) is 0 Å². The third kappa shape index (κ3) is 2.79. The number of hydrogen-bond donors (Lipinski definition) is 2. The van der Waals surface area contributed by atoms with Crippen LogP contribution in [0.3, 0.4) is 0 Å². The van der Waals surface area contributed by atoms with Gasteiger partial charge in [0.25, 0.3) is 11.8 Å². The predicted molar refractivity (Wildman–Crippen MR) is 66.7 cm³/mol. The van der Waals surface area contributed by atoms with Crippen molar-refractivity contribution in [2.24, 2.45) is 7.05 Å². The Hall–Kier alpha value is -2.63. The van der Waals surface area contributed by atoms with Crippen LogP contribution in [0, 0.1) is 5.82 Å². The lowest BCUT2D eigenvalue weighted by Crippen LogP contribution is -2.42. The van der Waals surface area contributed by atoms with Gasteiger partial charge in [-0.25, -0.2) is 4.39 Å². The van der Waals surface area contributed by atoms with Crippen molar-refractivity contribution in [2.45, 2.75) is 0 Å². The highest BCUT2D eigenvalue weighted by Crippen LogP contribution is 2.05. The zero-order valence-corrected chi connectivity index (χ0v) is 10.2. The fourth-order valence-corrected chi connectivity index (χ4v) is 1.59. The van der Waals surface area contributed by atoms with Crippen LogP contribution < -0.4 is 10.9 Å². The van der Waals surface area contributed by atoms with Crippen LogP contribution in [0.4, 0.5) is 4.39 Å². The number of benzene rings is 1. The molecule has 0 saturated carbocycles. The first-order chi connectivity index (χ1) is 9.09. The summed E-state index contributed by atoms with van der Waals surface area (Å²) in [5.41, 5.74) is 4.64.